The Morgan fingerprint density at radius 3 is 2.39 bits per heavy atom. The highest BCUT2D eigenvalue weighted by molar-refractivity contribution is 6.46. The lowest BCUT2D eigenvalue weighted by Crippen LogP contribution is -2.23. The maximum atomic E-state index is 12.4. The third-order valence-corrected chi connectivity index (χ3v) is 5.00. The fraction of sp³-hybridized carbons (Fsp3) is 0.182. The van der Waals surface area contributed by atoms with Crippen LogP contribution in [0.5, 0.6) is 0 Å². The predicted molar refractivity (Wildman–Crippen MR) is 105 cm³/mol. The number of hydrogen-bond donors (Lipinski definition) is 1. The van der Waals surface area contributed by atoms with Crippen molar-refractivity contribution >= 4 is 23.2 Å². The first kappa shape index (κ1) is 17.9. The van der Waals surface area contributed by atoms with E-state index in [9.17, 15) is 14.4 Å². The summed E-state index contributed by atoms with van der Waals surface area (Å²) < 4.78 is 1.65. The number of rotatable bonds is 5. The normalized spacial score (nSPS) is 12.5. The van der Waals surface area contributed by atoms with E-state index in [0.717, 1.165) is 24.8 Å². The molecule has 2 aromatic carbocycles. The van der Waals surface area contributed by atoms with Crippen LogP contribution in [0.1, 0.15) is 44.1 Å². The van der Waals surface area contributed by atoms with Gasteiger partial charge in [-0.3, -0.25) is 14.4 Å². The summed E-state index contributed by atoms with van der Waals surface area (Å²) in [6.07, 6.45) is 6.32. The molecule has 1 N–H and O–H groups in total. The van der Waals surface area contributed by atoms with Crippen molar-refractivity contribution in [3.63, 3.8) is 0 Å². The van der Waals surface area contributed by atoms with Crippen LogP contribution in [-0.4, -0.2) is 27.0 Å². The molecule has 6 nitrogen and oxygen atoms in total. The van der Waals surface area contributed by atoms with Crippen molar-refractivity contribution in [2.75, 3.05) is 5.32 Å². The summed E-state index contributed by atoms with van der Waals surface area (Å²) in [6.45, 7) is 0. The van der Waals surface area contributed by atoms with Gasteiger partial charge < -0.3 is 9.88 Å². The Bertz CT molecular complexity index is 1080. The summed E-state index contributed by atoms with van der Waals surface area (Å²) in [5.74, 6) is -1.13. The average molecular weight is 373 g/mol. The van der Waals surface area contributed by atoms with Gasteiger partial charge >= 0.3 is 0 Å². The van der Waals surface area contributed by atoms with Crippen LogP contribution in [0.25, 0.3) is 0 Å². The van der Waals surface area contributed by atoms with Crippen LogP contribution >= 0.6 is 0 Å². The zero-order valence-corrected chi connectivity index (χ0v) is 15.4. The SMILES string of the molecule is Cn1ccnc1C(=O)c1ccc(NC(=O)C(=O)c2ccc3c(c2)CCC3)cc1. The highest BCUT2D eigenvalue weighted by Crippen LogP contribution is 2.23. The Kier molecular flexibility index (Phi) is 4.61. The van der Waals surface area contributed by atoms with E-state index < -0.39 is 11.7 Å². The molecule has 1 heterocycles. The number of benzene rings is 2. The van der Waals surface area contributed by atoms with Crippen LogP contribution in [0, 0.1) is 0 Å². The molecule has 140 valence electrons. The lowest BCUT2D eigenvalue weighted by atomic mass is 10.0. The minimum absolute atomic E-state index is 0.209. The highest BCUT2D eigenvalue weighted by Gasteiger charge is 2.20. The lowest BCUT2D eigenvalue weighted by molar-refractivity contribution is -0.112. The van der Waals surface area contributed by atoms with E-state index in [1.54, 1.807) is 54.3 Å². The van der Waals surface area contributed by atoms with E-state index in [1.165, 1.54) is 5.56 Å². The van der Waals surface area contributed by atoms with Crippen LogP contribution in [0.4, 0.5) is 5.69 Å². The third kappa shape index (κ3) is 3.36. The van der Waals surface area contributed by atoms with Gasteiger partial charge in [-0.1, -0.05) is 12.1 Å². The van der Waals surface area contributed by atoms with Gasteiger partial charge in [0.05, 0.1) is 0 Å². The monoisotopic (exact) mass is 373 g/mol. The van der Waals surface area contributed by atoms with Crippen molar-refractivity contribution in [1.82, 2.24) is 9.55 Å². The number of carbonyl (C=O) groups is 3. The topological polar surface area (TPSA) is 81.1 Å². The first-order chi connectivity index (χ1) is 13.5. The van der Waals surface area contributed by atoms with E-state index in [-0.39, 0.29) is 5.78 Å². The molecule has 1 aromatic heterocycles. The summed E-state index contributed by atoms with van der Waals surface area (Å²) in [6, 6.07) is 11.9. The van der Waals surface area contributed by atoms with Crippen LogP contribution in [0.2, 0.25) is 0 Å². The Morgan fingerprint density at radius 2 is 1.68 bits per heavy atom. The summed E-state index contributed by atoms with van der Waals surface area (Å²) in [4.78, 5) is 41.2. The van der Waals surface area contributed by atoms with Crippen molar-refractivity contribution < 1.29 is 14.4 Å². The molecular weight excluding hydrogens is 354 g/mol. The van der Waals surface area contributed by atoms with Crippen molar-refractivity contribution in [3.05, 3.63) is 82.9 Å². The minimum atomic E-state index is -0.693. The molecule has 1 amide bonds. The second kappa shape index (κ2) is 7.23. The first-order valence-corrected chi connectivity index (χ1v) is 9.12. The Hall–Kier alpha value is -3.54. The molecule has 0 saturated heterocycles. The predicted octanol–water partition coefficient (Wildman–Crippen LogP) is 2.96. The number of fused-ring (bicyclic) bond motifs is 1. The van der Waals surface area contributed by atoms with Gasteiger partial charge in [0, 0.05) is 36.3 Å². The number of nitrogens with zero attached hydrogens (tertiary/aromatic N) is 2. The number of amides is 1. The molecule has 0 unspecified atom stereocenters. The van der Waals surface area contributed by atoms with Gasteiger partial charge in [-0.25, -0.2) is 4.98 Å². The first-order valence-electron chi connectivity index (χ1n) is 9.12. The lowest BCUT2D eigenvalue weighted by Gasteiger charge is -2.07. The summed E-state index contributed by atoms with van der Waals surface area (Å²) in [5.41, 5.74) is 3.72. The Labute approximate surface area is 162 Å². The highest BCUT2D eigenvalue weighted by atomic mass is 16.2. The van der Waals surface area contributed by atoms with Crippen molar-refractivity contribution in [2.24, 2.45) is 7.05 Å². The summed E-state index contributed by atoms with van der Waals surface area (Å²) >= 11 is 0. The van der Waals surface area contributed by atoms with Crippen LogP contribution < -0.4 is 5.32 Å². The van der Waals surface area contributed by atoms with E-state index in [4.69, 9.17) is 0 Å². The molecule has 6 heteroatoms. The number of nitrogens with one attached hydrogen (secondary N) is 1. The van der Waals surface area contributed by atoms with E-state index in [0.29, 0.717) is 22.6 Å². The van der Waals surface area contributed by atoms with Gasteiger partial charge in [-0.15, -0.1) is 0 Å². The third-order valence-electron chi connectivity index (χ3n) is 5.00. The largest absolute Gasteiger partial charge is 0.331 e. The number of hydrogen-bond acceptors (Lipinski definition) is 4. The number of Topliss-reactive ketones (excluding diaryl/α,β-unsaturated/α-hetero) is 1. The second-order valence-electron chi connectivity index (χ2n) is 6.89. The molecule has 0 saturated carbocycles. The maximum Gasteiger partial charge on any atom is 0.296 e. The number of anilines is 1. The fourth-order valence-electron chi connectivity index (χ4n) is 3.45. The van der Waals surface area contributed by atoms with Crippen molar-refractivity contribution in [3.8, 4) is 0 Å². The van der Waals surface area contributed by atoms with E-state index in [1.807, 2.05) is 12.1 Å². The number of imidazole rings is 1. The fourth-order valence-corrected chi connectivity index (χ4v) is 3.45. The van der Waals surface area contributed by atoms with Crippen LogP contribution in [0.3, 0.4) is 0 Å². The molecule has 0 spiro atoms. The molecule has 0 aliphatic heterocycles. The van der Waals surface area contributed by atoms with E-state index in [2.05, 4.69) is 10.3 Å². The summed E-state index contributed by atoms with van der Waals surface area (Å²) in [7, 11) is 1.75. The quantitative estimate of drug-likeness (QED) is 0.551. The molecule has 4 rings (SSSR count). The Morgan fingerprint density at radius 1 is 0.964 bits per heavy atom. The molecular formula is C22H19N3O3. The number of carbonyl (C=O) groups excluding carboxylic acids is 3. The standard InChI is InChI=1S/C22H19N3O3/c1-25-12-11-23-21(25)19(26)15-7-9-18(10-8-15)24-22(28)20(27)17-6-5-14-3-2-4-16(14)13-17/h5-13H,2-4H2,1H3,(H,24,28). The number of ketones is 2. The van der Waals surface area contributed by atoms with Gasteiger partial charge in [-0.05, 0) is 60.7 Å². The molecule has 0 atom stereocenters. The van der Waals surface area contributed by atoms with Gasteiger partial charge in [-0.2, -0.15) is 0 Å². The van der Waals surface area contributed by atoms with E-state index >= 15 is 0 Å². The van der Waals surface area contributed by atoms with Crippen molar-refractivity contribution in [1.29, 1.82) is 0 Å². The molecule has 3 aromatic rings. The van der Waals surface area contributed by atoms with Gasteiger partial charge in [0.15, 0.2) is 5.82 Å². The number of aromatic nitrogens is 2. The Balaban J connectivity index is 1.45. The molecule has 0 radical (unpaired) electrons. The zero-order valence-electron chi connectivity index (χ0n) is 15.4. The molecule has 1 aliphatic carbocycles. The van der Waals surface area contributed by atoms with Gasteiger partial charge in [0.2, 0.25) is 5.78 Å². The van der Waals surface area contributed by atoms with Crippen molar-refractivity contribution in [2.45, 2.75) is 19.3 Å². The second-order valence-corrected chi connectivity index (χ2v) is 6.89. The smallest absolute Gasteiger partial charge is 0.296 e. The maximum absolute atomic E-state index is 12.4. The van der Waals surface area contributed by atoms with Gasteiger partial charge in [0.25, 0.3) is 11.7 Å². The number of aryl methyl sites for hydroxylation is 3. The van der Waals surface area contributed by atoms with Crippen LogP contribution in [-0.2, 0) is 24.7 Å². The molecule has 28 heavy (non-hydrogen) atoms. The summed E-state index contributed by atoms with van der Waals surface area (Å²) in [5, 5.41) is 2.60. The zero-order chi connectivity index (χ0) is 19.7. The molecule has 1 aliphatic rings. The van der Waals surface area contributed by atoms with Crippen LogP contribution in [0.15, 0.2) is 54.9 Å². The van der Waals surface area contributed by atoms with Gasteiger partial charge in [0.1, 0.15) is 0 Å². The molecule has 0 fully saturated rings. The average Bonchev–Trinajstić information content (AvgIpc) is 3.35. The minimum Gasteiger partial charge on any atom is -0.331 e. The molecule has 0 bridgehead atoms.